The smallest absolute Gasteiger partial charge is 0.335 e. The van der Waals surface area contributed by atoms with Crippen molar-refractivity contribution in [3.05, 3.63) is 34.9 Å². The summed E-state index contributed by atoms with van der Waals surface area (Å²) in [6, 6.07) is 4.28. The zero-order chi connectivity index (χ0) is 19.1. The molecule has 0 aliphatic carbocycles. The number of nitrogens with zero attached hydrogens (tertiary/aromatic N) is 2. The topological polar surface area (TPSA) is 95.0 Å². The van der Waals surface area contributed by atoms with Crippen LogP contribution in [-0.4, -0.2) is 59.5 Å². The van der Waals surface area contributed by atoms with Gasteiger partial charge in [-0.2, -0.15) is 4.31 Å². The van der Waals surface area contributed by atoms with E-state index in [4.69, 9.17) is 5.11 Å². The third-order valence-corrected chi connectivity index (χ3v) is 7.04. The van der Waals surface area contributed by atoms with Gasteiger partial charge in [-0.25, -0.2) is 13.2 Å². The van der Waals surface area contributed by atoms with Crippen LogP contribution in [0.3, 0.4) is 0 Å². The predicted octanol–water partition coefficient (Wildman–Crippen LogP) is 1.33. The number of hydrogen-bond donors (Lipinski definition) is 1. The number of carboxylic acids is 1. The molecule has 2 heterocycles. The molecule has 1 aromatic rings. The largest absolute Gasteiger partial charge is 0.478 e. The van der Waals surface area contributed by atoms with Gasteiger partial charge in [-0.15, -0.1) is 0 Å². The van der Waals surface area contributed by atoms with Crippen LogP contribution in [0.4, 0.5) is 0 Å². The third kappa shape index (κ3) is 3.48. The summed E-state index contributed by atoms with van der Waals surface area (Å²) < 4.78 is 26.0. The maximum Gasteiger partial charge on any atom is 0.335 e. The van der Waals surface area contributed by atoms with E-state index in [0.29, 0.717) is 32.5 Å². The fraction of sp³-hybridized carbons (Fsp3) is 0.556. The van der Waals surface area contributed by atoms with E-state index >= 15 is 0 Å². The van der Waals surface area contributed by atoms with Crippen LogP contribution in [0.5, 0.6) is 0 Å². The Morgan fingerprint density at radius 3 is 2.46 bits per heavy atom. The number of aromatic carboxylic acids is 1. The molecule has 0 bridgehead atoms. The van der Waals surface area contributed by atoms with Crippen molar-refractivity contribution in [1.82, 2.24) is 9.21 Å². The molecule has 0 radical (unpaired) electrons. The van der Waals surface area contributed by atoms with E-state index in [1.165, 1.54) is 4.31 Å². The molecule has 1 unspecified atom stereocenters. The molecule has 26 heavy (non-hydrogen) atoms. The average Bonchev–Trinajstić information content (AvgIpc) is 2.92. The third-order valence-electron chi connectivity index (χ3n) is 5.11. The molecule has 1 fully saturated rings. The number of carbonyl (C=O) groups is 2. The molecule has 1 N–H and O–H groups in total. The molecule has 1 aromatic carbocycles. The van der Waals surface area contributed by atoms with Gasteiger partial charge in [0.25, 0.3) is 0 Å². The van der Waals surface area contributed by atoms with Crippen LogP contribution >= 0.6 is 0 Å². The minimum Gasteiger partial charge on any atom is -0.478 e. The first-order valence-electron chi connectivity index (χ1n) is 8.84. The van der Waals surface area contributed by atoms with Gasteiger partial charge in [0.05, 0.1) is 11.3 Å². The first kappa shape index (κ1) is 18.8. The summed E-state index contributed by atoms with van der Waals surface area (Å²) in [5.41, 5.74) is 2.05. The van der Waals surface area contributed by atoms with Crippen molar-refractivity contribution >= 4 is 21.9 Å². The maximum absolute atomic E-state index is 13.1. The summed E-state index contributed by atoms with van der Waals surface area (Å²) in [6.07, 6.45) is 1.18. The summed E-state index contributed by atoms with van der Waals surface area (Å²) in [6.45, 7) is 4.92. The van der Waals surface area contributed by atoms with Crippen molar-refractivity contribution in [2.45, 2.75) is 39.3 Å². The molecule has 0 aromatic heterocycles. The zero-order valence-corrected chi connectivity index (χ0v) is 15.8. The van der Waals surface area contributed by atoms with E-state index in [-0.39, 0.29) is 23.1 Å². The van der Waals surface area contributed by atoms with Gasteiger partial charge in [-0.1, -0.05) is 19.9 Å². The van der Waals surface area contributed by atoms with Crippen LogP contribution in [0.25, 0.3) is 0 Å². The number of amides is 1. The van der Waals surface area contributed by atoms with Crippen LogP contribution in [0.2, 0.25) is 0 Å². The summed E-state index contributed by atoms with van der Waals surface area (Å²) in [7, 11) is -3.39. The van der Waals surface area contributed by atoms with E-state index in [1.807, 2.05) is 13.8 Å². The molecule has 2 aliphatic heterocycles. The monoisotopic (exact) mass is 380 g/mol. The Morgan fingerprint density at radius 2 is 1.88 bits per heavy atom. The molecule has 1 amide bonds. The maximum atomic E-state index is 13.1. The van der Waals surface area contributed by atoms with Gasteiger partial charge < -0.3 is 10.0 Å². The minimum absolute atomic E-state index is 0.0916. The summed E-state index contributed by atoms with van der Waals surface area (Å²) in [5.74, 6) is -1.24. The quantitative estimate of drug-likeness (QED) is 0.850. The average molecular weight is 380 g/mol. The van der Waals surface area contributed by atoms with Gasteiger partial charge in [0.15, 0.2) is 0 Å². The summed E-state index contributed by atoms with van der Waals surface area (Å²) in [4.78, 5) is 26.0. The van der Waals surface area contributed by atoms with Crippen molar-refractivity contribution in [1.29, 1.82) is 0 Å². The fourth-order valence-corrected chi connectivity index (χ4v) is 5.59. The van der Waals surface area contributed by atoms with Crippen LogP contribution < -0.4 is 0 Å². The number of hydrogen-bond acceptors (Lipinski definition) is 4. The number of carbonyl (C=O) groups excluding carboxylic acids is 1. The lowest BCUT2D eigenvalue weighted by Crippen LogP contribution is -2.52. The van der Waals surface area contributed by atoms with Crippen molar-refractivity contribution in [3.63, 3.8) is 0 Å². The molecule has 3 rings (SSSR count). The van der Waals surface area contributed by atoms with Crippen LogP contribution in [0, 0.1) is 5.92 Å². The van der Waals surface area contributed by atoms with Crippen molar-refractivity contribution < 1.29 is 23.1 Å². The van der Waals surface area contributed by atoms with Gasteiger partial charge in [0.1, 0.15) is 6.04 Å². The van der Waals surface area contributed by atoms with Crippen molar-refractivity contribution in [3.8, 4) is 0 Å². The molecule has 1 saturated heterocycles. The van der Waals surface area contributed by atoms with E-state index in [2.05, 4.69) is 0 Å². The van der Waals surface area contributed by atoms with Crippen LogP contribution in [0.15, 0.2) is 18.2 Å². The Balaban J connectivity index is 1.85. The van der Waals surface area contributed by atoms with Crippen LogP contribution in [-0.2, 0) is 27.8 Å². The number of sulfonamides is 1. The van der Waals surface area contributed by atoms with Gasteiger partial charge in [-0.3, -0.25) is 4.79 Å². The van der Waals surface area contributed by atoms with Crippen molar-refractivity contribution in [2.24, 2.45) is 5.92 Å². The Morgan fingerprint density at radius 1 is 1.15 bits per heavy atom. The molecule has 142 valence electrons. The van der Waals surface area contributed by atoms with Gasteiger partial charge in [0.2, 0.25) is 15.9 Å². The molecule has 0 spiro atoms. The normalized spacial score (nSPS) is 20.8. The van der Waals surface area contributed by atoms with E-state index < -0.39 is 22.0 Å². The Bertz CT molecular complexity index is 834. The highest BCUT2D eigenvalue weighted by Gasteiger charge is 2.42. The Labute approximate surface area is 153 Å². The molecule has 7 nitrogen and oxygen atoms in total. The van der Waals surface area contributed by atoms with Crippen LogP contribution in [0.1, 0.15) is 41.8 Å². The lowest BCUT2D eigenvalue weighted by Gasteiger charge is -2.36. The second-order valence-corrected chi connectivity index (χ2v) is 9.31. The van der Waals surface area contributed by atoms with E-state index in [0.717, 1.165) is 11.1 Å². The Kier molecular flexibility index (Phi) is 5.07. The first-order chi connectivity index (χ1) is 12.2. The number of benzene rings is 1. The highest BCUT2D eigenvalue weighted by Crippen LogP contribution is 2.27. The van der Waals surface area contributed by atoms with E-state index in [9.17, 15) is 18.0 Å². The minimum atomic E-state index is -3.39. The lowest BCUT2D eigenvalue weighted by atomic mass is 9.95. The second kappa shape index (κ2) is 7.00. The second-order valence-electron chi connectivity index (χ2n) is 7.27. The lowest BCUT2D eigenvalue weighted by molar-refractivity contribution is -0.137. The predicted molar refractivity (Wildman–Crippen MR) is 96.3 cm³/mol. The molecule has 1 atom stereocenters. The number of rotatable bonds is 4. The molecular weight excluding hydrogens is 356 g/mol. The molecule has 8 heteroatoms. The highest BCUT2D eigenvalue weighted by atomic mass is 32.2. The number of carboxylic acid groups (broad SMARTS) is 1. The van der Waals surface area contributed by atoms with Gasteiger partial charge in [0, 0.05) is 19.6 Å². The fourth-order valence-electron chi connectivity index (χ4n) is 3.78. The first-order valence-corrected chi connectivity index (χ1v) is 10.4. The Hall–Kier alpha value is -1.93. The number of fused-ring (bicyclic) bond motifs is 1. The standard InChI is InChI=1S/C18H24N2O5S/c1-12(2)16(20-7-3-9-26(20,24)25)17(21)19-8-6-13-4-5-14(18(22)23)10-15(13)11-19/h4-5,10,12,16H,3,6-9,11H2,1-2H3,(H,22,23). The highest BCUT2D eigenvalue weighted by molar-refractivity contribution is 7.89. The molecular formula is C18H24N2O5S. The van der Waals surface area contributed by atoms with Gasteiger partial charge >= 0.3 is 5.97 Å². The molecule has 2 aliphatic rings. The summed E-state index contributed by atoms with van der Waals surface area (Å²) in [5, 5.41) is 9.17. The van der Waals surface area contributed by atoms with E-state index in [1.54, 1.807) is 23.1 Å². The van der Waals surface area contributed by atoms with Gasteiger partial charge in [-0.05, 0) is 42.0 Å². The zero-order valence-electron chi connectivity index (χ0n) is 15.0. The SMILES string of the molecule is CC(C)C(C(=O)N1CCc2ccc(C(=O)O)cc2C1)N1CCCS1(=O)=O. The summed E-state index contributed by atoms with van der Waals surface area (Å²) >= 11 is 0. The van der Waals surface area contributed by atoms with Crippen molar-refractivity contribution in [2.75, 3.05) is 18.8 Å². The molecule has 0 saturated carbocycles.